The van der Waals surface area contributed by atoms with Gasteiger partial charge in [-0.15, -0.1) is 0 Å². The number of nitrogens with zero attached hydrogens (tertiary/aromatic N) is 1. The lowest BCUT2D eigenvalue weighted by Gasteiger charge is -2.36. The zero-order chi connectivity index (χ0) is 25.1. The minimum atomic E-state index is -0.867. The van der Waals surface area contributed by atoms with Crippen LogP contribution in [0.3, 0.4) is 0 Å². The SMILES string of the molecule is CC(C)C(C(=O)N1CCC[C@@H](C(=O)O)C1)C(C)NC(=O)OCC1c2ccccc2-c2ccccc21. The fraction of sp³-hybridized carbons (Fsp3) is 0.464. The molecule has 2 unspecified atom stereocenters. The number of aliphatic carboxylic acids is 1. The summed E-state index contributed by atoms with van der Waals surface area (Å²) in [6.45, 7) is 6.66. The summed E-state index contributed by atoms with van der Waals surface area (Å²) in [6.07, 6.45) is 0.695. The van der Waals surface area contributed by atoms with Crippen LogP contribution in [0.15, 0.2) is 48.5 Å². The molecule has 0 aromatic heterocycles. The summed E-state index contributed by atoms with van der Waals surface area (Å²) in [5.41, 5.74) is 4.61. The number of amides is 2. The normalized spacial score (nSPS) is 19.0. The Bertz CT molecular complexity index is 1050. The number of hydrogen-bond acceptors (Lipinski definition) is 4. The number of carbonyl (C=O) groups is 3. The van der Waals surface area contributed by atoms with Crippen molar-refractivity contribution >= 4 is 18.0 Å². The molecule has 2 amide bonds. The fourth-order valence-electron chi connectivity index (χ4n) is 5.58. The highest BCUT2D eigenvalue weighted by Gasteiger charge is 2.36. The van der Waals surface area contributed by atoms with Gasteiger partial charge in [0.15, 0.2) is 0 Å². The third-order valence-electron chi connectivity index (χ3n) is 7.31. The molecule has 7 heteroatoms. The van der Waals surface area contributed by atoms with Gasteiger partial charge in [0.05, 0.1) is 11.8 Å². The summed E-state index contributed by atoms with van der Waals surface area (Å²) in [4.78, 5) is 39.1. The van der Waals surface area contributed by atoms with E-state index in [1.807, 2.05) is 45.0 Å². The van der Waals surface area contributed by atoms with Crippen LogP contribution in [-0.2, 0) is 14.3 Å². The summed E-state index contributed by atoms with van der Waals surface area (Å²) in [5, 5.41) is 12.2. The number of carboxylic acids is 1. The zero-order valence-corrected chi connectivity index (χ0v) is 20.6. The van der Waals surface area contributed by atoms with Gasteiger partial charge in [0.2, 0.25) is 5.91 Å². The Morgan fingerprint density at radius 2 is 1.63 bits per heavy atom. The predicted molar refractivity (Wildman–Crippen MR) is 133 cm³/mol. The van der Waals surface area contributed by atoms with E-state index in [9.17, 15) is 19.5 Å². The second-order valence-corrected chi connectivity index (χ2v) is 9.99. The van der Waals surface area contributed by atoms with Crippen molar-refractivity contribution in [2.75, 3.05) is 19.7 Å². The first-order valence-electron chi connectivity index (χ1n) is 12.4. The molecule has 0 spiro atoms. The Labute approximate surface area is 206 Å². The molecule has 2 N–H and O–H groups in total. The van der Waals surface area contributed by atoms with E-state index in [1.54, 1.807) is 4.90 Å². The standard InChI is InChI=1S/C28H34N2O5/c1-17(2)25(26(31)30-14-8-9-19(15-30)27(32)33)18(3)29-28(34)35-16-24-22-12-6-4-10-20(22)21-11-5-7-13-23(21)24/h4-7,10-13,17-19,24-25H,8-9,14-16H2,1-3H3,(H,29,34)(H,32,33)/t18?,19-,25?/m1/s1. The van der Waals surface area contributed by atoms with Crippen molar-refractivity contribution in [2.45, 2.75) is 45.6 Å². The van der Waals surface area contributed by atoms with E-state index in [1.165, 1.54) is 0 Å². The second-order valence-electron chi connectivity index (χ2n) is 9.99. The number of fused-ring (bicyclic) bond motifs is 3. The van der Waals surface area contributed by atoms with Crippen LogP contribution in [0.5, 0.6) is 0 Å². The quantitative estimate of drug-likeness (QED) is 0.611. The minimum absolute atomic E-state index is 0.0309. The van der Waals surface area contributed by atoms with Crippen molar-refractivity contribution in [3.05, 3.63) is 59.7 Å². The van der Waals surface area contributed by atoms with Gasteiger partial charge >= 0.3 is 12.1 Å². The first-order chi connectivity index (χ1) is 16.8. The Morgan fingerprint density at radius 3 is 2.20 bits per heavy atom. The summed E-state index contributed by atoms with van der Waals surface area (Å²) in [7, 11) is 0. The summed E-state index contributed by atoms with van der Waals surface area (Å²) in [5.74, 6) is -2.05. The van der Waals surface area contributed by atoms with E-state index in [4.69, 9.17) is 4.74 Å². The minimum Gasteiger partial charge on any atom is -0.481 e. The van der Waals surface area contributed by atoms with Gasteiger partial charge in [-0.25, -0.2) is 4.79 Å². The average molecular weight is 479 g/mol. The van der Waals surface area contributed by atoms with Crippen molar-refractivity contribution in [3.8, 4) is 11.1 Å². The third kappa shape index (κ3) is 5.19. The lowest BCUT2D eigenvalue weighted by molar-refractivity contribution is -0.147. The molecule has 2 aliphatic rings. The van der Waals surface area contributed by atoms with E-state index < -0.39 is 29.9 Å². The van der Waals surface area contributed by atoms with Crippen molar-refractivity contribution in [1.82, 2.24) is 10.2 Å². The molecule has 35 heavy (non-hydrogen) atoms. The smallest absolute Gasteiger partial charge is 0.407 e. The second kappa shape index (κ2) is 10.5. The van der Waals surface area contributed by atoms with Gasteiger partial charge in [-0.2, -0.15) is 0 Å². The molecular weight excluding hydrogens is 444 g/mol. The molecule has 1 aliphatic carbocycles. The van der Waals surface area contributed by atoms with Gasteiger partial charge in [0, 0.05) is 25.0 Å². The predicted octanol–water partition coefficient (Wildman–Crippen LogP) is 4.51. The molecule has 0 bridgehead atoms. The molecule has 1 aliphatic heterocycles. The first kappa shape index (κ1) is 24.8. The topological polar surface area (TPSA) is 95.9 Å². The molecule has 1 fully saturated rings. The Kier molecular flexibility index (Phi) is 7.43. The van der Waals surface area contributed by atoms with Gasteiger partial charge in [0.25, 0.3) is 0 Å². The molecule has 4 rings (SSSR count). The van der Waals surface area contributed by atoms with Crippen LogP contribution in [0.4, 0.5) is 4.79 Å². The fourth-order valence-corrected chi connectivity index (χ4v) is 5.58. The molecule has 1 saturated heterocycles. The number of piperidine rings is 1. The monoisotopic (exact) mass is 478 g/mol. The maximum atomic E-state index is 13.3. The molecular formula is C28H34N2O5. The number of hydrogen-bond donors (Lipinski definition) is 2. The molecule has 1 heterocycles. The Balaban J connectivity index is 1.39. The highest BCUT2D eigenvalue weighted by atomic mass is 16.5. The number of carbonyl (C=O) groups excluding carboxylic acids is 2. The van der Waals surface area contributed by atoms with Gasteiger partial charge in [0.1, 0.15) is 6.61 Å². The van der Waals surface area contributed by atoms with Crippen LogP contribution in [-0.4, -0.2) is 53.7 Å². The lowest BCUT2D eigenvalue weighted by Crippen LogP contribution is -2.51. The van der Waals surface area contributed by atoms with Crippen molar-refractivity contribution in [3.63, 3.8) is 0 Å². The maximum Gasteiger partial charge on any atom is 0.407 e. The number of carboxylic acid groups (broad SMARTS) is 1. The third-order valence-corrected chi connectivity index (χ3v) is 7.31. The van der Waals surface area contributed by atoms with E-state index in [0.29, 0.717) is 19.4 Å². The van der Waals surface area contributed by atoms with E-state index in [0.717, 1.165) is 22.3 Å². The molecule has 3 atom stereocenters. The Hall–Kier alpha value is -3.35. The summed E-state index contributed by atoms with van der Waals surface area (Å²) in [6, 6.07) is 15.9. The van der Waals surface area contributed by atoms with Crippen LogP contribution in [0.2, 0.25) is 0 Å². The van der Waals surface area contributed by atoms with Crippen LogP contribution < -0.4 is 5.32 Å². The van der Waals surface area contributed by atoms with Gasteiger partial charge in [-0.3, -0.25) is 9.59 Å². The number of likely N-dealkylation sites (tertiary alicyclic amines) is 1. The van der Waals surface area contributed by atoms with Crippen molar-refractivity contribution in [2.24, 2.45) is 17.8 Å². The van der Waals surface area contributed by atoms with Crippen LogP contribution in [0.25, 0.3) is 11.1 Å². The van der Waals surface area contributed by atoms with E-state index >= 15 is 0 Å². The van der Waals surface area contributed by atoms with Crippen molar-refractivity contribution < 1.29 is 24.2 Å². The van der Waals surface area contributed by atoms with Gasteiger partial charge in [-0.1, -0.05) is 62.4 Å². The molecule has 0 saturated carbocycles. The van der Waals surface area contributed by atoms with E-state index in [-0.39, 0.29) is 30.9 Å². The average Bonchev–Trinajstić information content (AvgIpc) is 3.16. The number of nitrogens with one attached hydrogen (secondary N) is 1. The van der Waals surface area contributed by atoms with E-state index in [2.05, 4.69) is 29.6 Å². The Morgan fingerprint density at radius 1 is 1.03 bits per heavy atom. The van der Waals surface area contributed by atoms with Gasteiger partial charge < -0.3 is 20.1 Å². The molecule has 0 radical (unpaired) electrons. The maximum absolute atomic E-state index is 13.3. The number of benzene rings is 2. The lowest BCUT2D eigenvalue weighted by atomic mass is 9.86. The number of ether oxygens (including phenoxy) is 1. The van der Waals surface area contributed by atoms with Crippen molar-refractivity contribution in [1.29, 1.82) is 0 Å². The first-order valence-corrected chi connectivity index (χ1v) is 12.4. The molecule has 2 aromatic rings. The number of rotatable bonds is 7. The number of alkyl carbamates (subject to hydrolysis) is 1. The van der Waals surface area contributed by atoms with Crippen LogP contribution in [0.1, 0.15) is 50.7 Å². The highest BCUT2D eigenvalue weighted by Crippen LogP contribution is 2.44. The molecule has 186 valence electrons. The summed E-state index contributed by atoms with van der Waals surface area (Å²) >= 11 is 0. The molecule has 7 nitrogen and oxygen atoms in total. The van der Waals surface area contributed by atoms with Crippen LogP contribution >= 0.6 is 0 Å². The van der Waals surface area contributed by atoms with Crippen LogP contribution in [0, 0.1) is 17.8 Å². The molecule has 2 aromatic carbocycles. The summed E-state index contributed by atoms with van der Waals surface area (Å²) < 4.78 is 5.66. The van der Waals surface area contributed by atoms with Gasteiger partial charge in [-0.05, 0) is 47.9 Å². The highest BCUT2D eigenvalue weighted by molar-refractivity contribution is 5.82. The zero-order valence-electron chi connectivity index (χ0n) is 20.6. The largest absolute Gasteiger partial charge is 0.481 e.